The third kappa shape index (κ3) is 4.65. The van der Waals surface area contributed by atoms with Gasteiger partial charge in [0.1, 0.15) is 34.3 Å². The molecule has 0 saturated carbocycles. The number of hydrogen-bond acceptors (Lipinski definition) is 7. The Morgan fingerprint density at radius 3 is 2.46 bits per heavy atom. The number of rotatable bonds is 8. The van der Waals surface area contributed by atoms with Crippen molar-refractivity contribution in [2.45, 2.75) is 39.0 Å². The quantitative estimate of drug-likeness (QED) is 0.291. The molecule has 0 radical (unpaired) electrons. The van der Waals surface area contributed by atoms with Crippen molar-refractivity contribution in [3.63, 3.8) is 0 Å². The first-order valence-corrected chi connectivity index (χ1v) is 12.8. The third-order valence-corrected chi connectivity index (χ3v) is 7.84. The van der Waals surface area contributed by atoms with Gasteiger partial charge >= 0.3 is 11.7 Å². The molecule has 0 fully saturated rings. The van der Waals surface area contributed by atoms with Crippen LogP contribution in [-0.2, 0) is 16.9 Å². The molecule has 9 nitrogen and oxygen atoms in total. The molecule has 39 heavy (non-hydrogen) atoms. The Hall–Kier alpha value is -4.51. The zero-order valence-corrected chi connectivity index (χ0v) is 22.1. The number of aliphatic carboxylic acids is 1. The molecular weight excluding hydrogens is 525 g/mol. The smallest absolute Gasteiger partial charge is 0.333 e. The standard InChI is InChI=1S/C28H24FN3O6S/c1-16-21-24(33)32(28(2,3)26(34)35)27(36)31(25(21)39-22(16)23-30-13-14-37-23)15-20(17-7-5-4-6-8-17)38-19-11-9-18(29)10-12-19/h4-14,20H,15H2,1-3H3,(H,34,35)/t20-/m1/s1. The van der Waals surface area contributed by atoms with Gasteiger partial charge in [-0.25, -0.2) is 23.5 Å². The number of carbonyl (C=O) groups is 1. The zero-order valence-electron chi connectivity index (χ0n) is 21.3. The number of benzene rings is 2. The van der Waals surface area contributed by atoms with Gasteiger partial charge in [0.15, 0.2) is 0 Å². The minimum atomic E-state index is -1.85. The highest BCUT2D eigenvalue weighted by Gasteiger charge is 2.36. The van der Waals surface area contributed by atoms with Crippen LogP contribution < -0.4 is 16.0 Å². The number of carboxylic acid groups (broad SMARTS) is 1. The molecule has 0 spiro atoms. The van der Waals surface area contributed by atoms with E-state index in [1.165, 1.54) is 55.1 Å². The van der Waals surface area contributed by atoms with E-state index in [0.717, 1.165) is 21.5 Å². The minimum Gasteiger partial charge on any atom is -0.484 e. The van der Waals surface area contributed by atoms with Crippen LogP contribution in [0.15, 0.2) is 81.1 Å². The lowest BCUT2D eigenvalue weighted by atomic mass is 10.1. The van der Waals surface area contributed by atoms with Gasteiger partial charge in [0.2, 0.25) is 5.89 Å². The van der Waals surface area contributed by atoms with E-state index in [1.807, 2.05) is 30.3 Å². The van der Waals surface area contributed by atoms with E-state index in [2.05, 4.69) is 4.98 Å². The molecule has 0 aliphatic carbocycles. The SMILES string of the molecule is Cc1c(-c2ncco2)sc2c1c(=O)n(C(C)(C)C(=O)O)c(=O)n2C[C@@H](Oc1ccc(F)cc1)c1ccccc1. The molecule has 2 aromatic carbocycles. The molecule has 1 atom stereocenters. The fraction of sp³-hybridized carbons (Fsp3) is 0.214. The normalized spacial score (nSPS) is 12.5. The maximum absolute atomic E-state index is 14.0. The van der Waals surface area contributed by atoms with E-state index < -0.39 is 34.7 Å². The summed E-state index contributed by atoms with van der Waals surface area (Å²) in [7, 11) is 0. The maximum atomic E-state index is 14.0. The number of aromatic nitrogens is 3. The number of hydrogen-bond donors (Lipinski definition) is 1. The lowest BCUT2D eigenvalue weighted by molar-refractivity contribution is -0.146. The Labute approximate surface area is 225 Å². The highest BCUT2D eigenvalue weighted by Crippen LogP contribution is 2.36. The van der Waals surface area contributed by atoms with Crippen molar-refractivity contribution >= 4 is 27.5 Å². The largest absolute Gasteiger partial charge is 0.484 e. The van der Waals surface area contributed by atoms with Crippen molar-refractivity contribution in [1.29, 1.82) is 0 Å². The number of thiophene rings is 1. The lowest BCUT2D eigenvalue weighted by Gasteiger charge is -2.25. The second-order valence-corrected chi connectivity index (χ2v) is 10.4. The van der Waals surface area contributed by atoms with Crippen molar-refractivity contribution in [2.24, 2.45) is 0 Å². The number of carboxylic acids is 1. The predicted octanol–water partition coefficient (Wildman–Crippen LogP) is 4.97. The zero-order chi connectivity index (χ0) is 27.9. The second kappa shape index (κ2) is 9.99. The first-order chi connectivity index (χ1) is 18.6. The molecule has 11 heteroatoms. The topological polar surface area (TPSA) is 117 Å². The molecule has 0 aliphatic heterocycles. The van der Waals surface area contributed by atoms with Crippen LogP contribution >= 0.6 is 11.3 Å². The van der Waals surface area contributed by atoms with Gasteiger partial charge in [-0.2, -0.15) is 0 Å². The van der Waals surface area contributed by atoms with Gasteiger partial charge in [-0.3, -0.25) is 9.36 Å². The number of nitrogens with zero attached hydrogens (tertiary/aromatic N) is 3. The molecule has 3 aromatic heterocycles. The first-order valence-electron chi connectivity index (χ1n) is 12.0. The average Bonchev–Trinajstić information content (AvgIpc) is 3.55. The molecular formula is C28H24FN3O6S. The van der Waals surface area contributed by atoms with Crippen molar-refractivity contribution < 1.29 is 23.4 Å². The van der Waals surface area contributed by atoms with E-state index in [9.17, 15) is 23.9 Å². The first kappa shape index (κ1) is 26.1. The summed E-state index contributed by atoms with van der Waals surface area (Å²) in [6.07, 6.45) is 2.13. The van der Waals surface area contributed by atoms with Crippen LogP contribution in [0.25, 0.3) is 21.0 Å². The van der Waals surface area contributed by atoms with E-state index in [1.54, 1.807) is 6.92 Å². The Kier molecular flexibility index (Phi) is 6.69. The molecule has 200 valence electrons. The fourth-order valence-electron chi connectivity index (χ4n) is 4.36. The lowest BCUT2D eigenvalue weighted by Crippen LogP contribution is -2.52. The molecule has 3 heterocycles. The Morgan fingerprint density at radius 2 is 1.85 bits per heavy atom. The van der Waals surface area contributed by atoms with Gasteiger partial charge in [-0.05, 0) is 56.2 Å². The maximum Gasteiger partial charge on any atom is 0.333 e. The summed E-state index contributed by atoms with van der Waals surface area (Å²) in [4.78, 5) is 44.9. The van der Waals surface area contributed by atoms with Crippen molar-refractivity contribution in [1.82, 2.24) is 14.1 Å². The van der Waals surface area contributed by atoms with Crippen LogP contribution in [-0.4, -0.2) is 25.2 Å². The Bertz CT molecular complexity index is 1770. The number of ether oxygens (including phenoxy) is 1. The van der Waals surface area contributed by atoms with E-state index in [-0.39, 0.29) is 17.8 Å². The van der Waals surface area contributed by atoms with E-state index in [0.29, 0.717) is 21.0 Å². The molecule has 0 saturated heterocycles. The molecule has 0 amide bonds. The average molecular weight is 550 g/mol. The highest BCUT2D eigenvalue weighted by atomic mass is 32.1. The van der Waals surface area contributed by atoms with Crippen molar-refractivity contribution in [2.75, 3.05) is 0 Å². The second-order valence-electron chi connectivity index (χ2n) is 9.44. The fourth-order valence-corrected chi connectivity index (χ4v) is 5.60. The number of aryl methyl sites for hydroxylation is 1. The van der Waals surface area contributed by atoms with Gasteiger partial charge in [-0.1, -0.05) is 30.3 Å². The van der Waals surface area contributed by atoms with Crippen molar-refractivity contribution in [3.05, 3.63) is 105 Å². The summed E-state index contributed by atoms with van der Waals surface area (Å²) >= 11 is 1.15. The number of halogens is 1. The van der Waals surface area contributed by atoms with E-state index >= 15 is 0 Å². The van der Waals surface area contributed by atoms with Gasteiger partial charge in [0, 0.05) is 0 Å². The predicted molar refractivity (Wildman–Crippen MR) is 144 cm³/mol. The van der Waals surface area contributed by atoms with Crippen LogP contribution in [0.5, 0.6) is 5.75 Å². The third-order valence-electron chi connectivity index (χ3n) is 6.53. The van der Waals surface area contributed by atoms with Crippen LogP contribution in [0.4, 0.5) is 4.39 Å². The van der Waals surface area contributed by atoms with Crippen LogP contribution in [0, 0.1) is 12.7 Å². The van der Waals surface area contributed by atoms with Crippen molar-refractivity contribution in [3.8, 4) is 16.5 Å². The molecule has 5 rings (SSSR count). The van der Waals surface area contributed by atoms with Gasteiger partial charge in [-0.15, -0.1) is 11.3 Å². The molecule has 0 unspecified atom stereocenters. The summed E-state index contributed by atoms with van der Waals surface area (Å²) < 4.78 is 27.3. The summed E-state index contributed by atoms with van der Waals surface area (Å²) in [6, 6.07) is 14.6. The molecule has 0 aliphatic rings. The van der Waals surface area contributed by atoms with Gasteiger partial charge < -0.3 is 14.3 Å². The Balaban J connectivity index is 1.77. The Morgan fingerprint density at radius 1 is 1.15 bits per heavy atom. The highest BCUT2D eigenvalue weighted by molar-refractivity contribution is 7.22. The monoisotopic (exact) mass is 549 g/mol. The van der Waals surface area contributed by atoms with Crippen LogP contribution in [0.2, 0.25) is 0 Å². The van der Waals surface area contributed by atoms with Gasteiger partial charge in [0.05, 0.1) is 23.0 Å². The number of fused-ring (bicyclic) bond motifs is 1. The van der Waals surface area contributed by atoms with Crippen LogP contribution in [0.3, 0.4) is 0 Å². The summed E-state index contributed by atoms with van der Waals surface area (Å²) in [5, 5.41) is 10.1. The molecule has 0 bridgehead atoms. The summed E-state index contributed by atoms with van der Waals surface area (Å²) in [5.41, 5.74) is -2.13. The summed E-state index contributed by atoms with van der Waals surface area (Å²) in [5.74, 6) is -1.11. The summed E-state index contributed by atoms with van der Waals surface area (Å²) in [6.45, 7) is 4.23. The van der Waals surface area contributed by atoms with Crippen LogP contribution in [0.1, 0.15) is 31.1 Å². The van der Waals surface area contributed by atoms with E-state index in [4.69, 9.17) is 9.15 Å². The molecule has 1 N–H and O–H groups in total. The minimum absolute atomic E-state index is 0.0717. The number of oxazole rings is 1. The van der Waals surface area contributed by atoms with Gasteiger partial charge in [0.25, 0.3) is 5.56 Å². The molecule has 5 aromatic rings.